The van der Waals surface area contributed by atoms with Crippen molar-refractivity contribution in [2.75, 3.05) is 6.61 Å². The number of carbonyl (C=O) groups excluding carboxylic acids is 1. The van der Waals surface area contributed by atoms with Gasteiger partial charge in [-0.05, 0) is 75.2 Å². The zero-order valence-corrected chi connectivity index (χ0v) is 23.0. The van der Waals surface area contributed by atoms with E-state index >= 15 is 0 Å². The highest BCUT2D eigenvalue weighted by atomic mass is 32.1. The summed E-state index contributed by atoms with van der Waals surface area (Å²) < 4.78 is 22.9. The molecule has 0 bridgehead atoms. The average molecular weight is 561 g/mol. The van der Waals surface area contributed by atoms with Gasteiger partial charge >= 0.3 is 5.97 Å². The lowest BCUT2D eigenvalue weighted by molar-refractivity contribution is -0.384. The Labute approximate surface area is 232 Å². The molecule has 2 aromatic carbocycles. The van der Waals surface area contributed by atoms with E-state index in [-0.39, 0.29) is 23.4 Å². The molecule has 1 aliphatic rings. The fraction of sp³-hybridized carbons (Fsp3) is 0.207. The second kappa shape index (κ2) is 10.5. The maximum absolute atomic E-state index is 13.8. The number of hydrogen-bond acceptors (Lipinski definition) is 7. The van der Waals surface area contributed by atoms with E-state index in [9.17, 15) is 24.1 Å². The second-order valence-corrected chi connectivity index (χ2v) is 10.3. The SMILES string of the molecule is CCOC(=O)C1=C(C)N=c2s/c(=C/c3cc(C)n(-c4ccc([N+](=O)[O-])cc4)c3C)c(=O)n2[C@@H]1c1ccc(F)cc1. The van der Waals surface area contributed by atoms with Crippen molar-refractivity contribution in [2.45, 2.75) is 33.7 Å². The van der Waals surface area contributed by atoms with Crippen LogP contribution in [-0.4, -0.2) is 26.6 Å². The number of allylic oxidation sites excluding steroid dienone is 1. The molecule has 0 amide bonds. The zero-order valence-electron chi connectivity index (χ0n) is 22.2. The largest absolute Gasteiger partial charge is 0.463 e. The van der Waals surface area contributed by atoms with Crippen molar-refractivity contribution in [2.24, 2.45) is 4.99 Å². The van der Waals surface area contributed by atoms with Gasteiger partial charge in [-0.25, -0.2) is 14.2 Å². The molecular weight excluding hydrogens is 535 g/mol. The van der Waals surface area contributed by atoms with Crippen molar-refractivity contribution in [3.05, 3.63) is 124 Å². The first kappa shape index (κ1) is 26.9. The van der Waals surface area contributed by atoms with Crippen LogP contribution in [0, 0.1) is 29.8 Å². The Morgan fingerprint density at radius 2 is 1.82 bits per heavy atom. The number of thiazole rings is 1. The van der Waals surface area contributed by atoms with Crippen LogP contribution in [0.25, 0.3) is 11.8 Å². The van der Waals surface area contributed by atoms with Crippen LogP contribution in [0.15, 0.2) is 75.7 Å². The molecule has 0 aliphatic carbocycles. The quantitative estimate of drug-likeness (QED) is 0.199. The van der Waals surface area contributed by atoms with Crippen molar-refractivity contribution in [3.8, 4) is 5.69 Å². The van der Waals surface area contributed by atoms with Gasteiger partial charge in [0.05, 0.1) is 33.4 Å². The summed E-state index contributed by atoms with van der Waals surface area (Å²) in [6.45, 7) is 7.36. The molecule has 1 aliphatic heterocycles. The number of hydrogen-bond donors (Lipinski definition) is 0. The molecule has 40 heavy (non-hydrogen) atoms. The third-order valence-corrected chi connectivity index (χ3v) is 7.76. The van der Waals surface area contributed by atoms with Crippen LogP contribution in [0.2, 0.25) is 0 Å². The highest BCUT2D eigenvalue weighted by molar-refractivity contribution is 7.07. The average Bonchev–Trinajstić information content (AvgIpc) is 3.37. The van der Waals surface area contributed by atoms with E-state index in [4.69, 9.17) is 4.74 Å². The number of nitro benzene ring substituents is 1. The molecule has 5 rings (SSSR count). The number of carbonyl (C=O) groups is 1. The topological polar surface area (TPSA) is 109 Å². The Morgan fingerprint density at radius 1 is 1.15 bits per heavy atom. The lowest BCUT2D eigenvalue weighted by atomic mass is 9.96. The van der Waals surface area contributed by atoms with Crippen LogP contribution >= 0.6 is 11.3 Å². The minimum Gasteiger partial charge on any atom is -0.463 e. The van der Waals surface area contributed by atoms with Crippen LogP contribution in [0.4, 0.5) is 10.1 Å². The Bertz CT molecular complexity index is 1870. The number of non-ortho nitro benzene ring substituents is 1. The monoisotopic (exact) mass is 560 g/mol. The molecule has 3 heterocycles. The standard InChI is InChI=1S/C29H25FN4O5S/c1-5-39-28(36)25-17(3)31-29-33(26(25)19-6-8-21(30)9-7-19)27(35)24(40-29)15-20-14-16(2)32(18(20)4)22-10-12-23(13-11-22)34(37)38/h6-15,26H,5H2,1-4H3/b24-15+/t26-/m1/s1. The maximum atomic E-state index is 13.8. The lowest BCUT2D eigenvalue weighted by Crippen LogP contribution is -2.39. The normalized spacial score (nSPS) is 15.1. The highest BCUT2D eigenvalue weighted by Gasteiger charge is 2.33. The van der Waals surface area contributed by atoms with Crippen LogP contribution in [0.1, 0.15) is 42.4 Å². The fourth-order valence-electron chi connectivity index (χ4n) is 4.95. The summed E-state index contributed by atoms with van der Waals surface area (Å²) in [6.07, 6.45) is 1.78. The zero-order chi connectivity index (χ0) is 28.7. The first-order valence-corrected chi connectivity index (χ1v) is 13.3. The fourth-order valence-corrected chi connectivity index (χ4v) is 5.99. The van der Waals surface area contributed by atoms with Gasteiger partial charge in [0, 0.05) is 29.2 Å². The second-order valence-electron chi connectivity index (χ2n) is 9.29. The molecule has 11 heteroatoms. The molecular formula is C29H25FN4O5S. The maximum Gasteiger partial charge on any atom is 0.338 e. The number of nitrogens with zero attached hydrogens (tertiary/aromatic N) is 4. The third-order valence-electron chi connectivity index (χ3n) is 6.78. The minimum atomic E-state index is -0.828. The van der Waals surface area contributed by atoms with Crippen molar-refractivity contribution >= 4 is 29.1 Å². The molecule has 0 saturated carbocycles. The predicted octanol–water partition coefficient (Wildman–Crippen LogP) is 4.25. The number of nitro groups is 1. The van der Waals surface area contributed by atoms with Gasteiger partial charge in [-0.15, -0.1) is 0 Å². The summed E-state index contributed by atoms with van der Waals surface area (Å²) >= 11 is 1.20. The first-order chi connectivity index (χ1) is 19.1. The Hall–Kier alpha value is -4.64. The molecule has 2 aromatic heterocycles. The van der Waals surface area contributed by atoms with Gasteiger partial charge in [0.2, 0.25) is 0 Å². The van der Waals surface area contributed by atoms with Crippen molar-refractivity contribution in [1.29, 1.82) is 0 Å². The molecule has 0 spiro atoms. The summed E-state index contributed by atoms with van der Waals surface area (Å²) in [4.78, 5) is 42.4. The number of aryl methyl sites for hydroxylation is 1. The van der Waals surface area contributed by atoms with Gasteiger partial charge in [-0.2, -0.15) is 0 Å². The van der Waals surface area contributed by atoms with Gasteiger partial charge in [0.1, 0.15) is 5.82 Å². The first-order valence-electron chi connectivity index (χ1n) is 12.5. The number of benzene rings is 2. The number of halogens is 1. The Morgan fingerprint density at radius 3 is 2.45 bits per heavy atom. The van der Waals surface area contributed by atoms with Crippen molar-refractivity contribution in [1.82, 2.24) is 9.13 Å². The summed E-state index contributed by atoms with van der Waals surface area (Å²) in [5.41, 5.74) is 4.15. The summed E-state index contributed by atoms with van der Waals surface area (Å²) in [5.74, 6) is -1.02. The number of ether oxygens (including phenoxy) is 1. The van der Waals surface area contributed by atoms with Gasteiger partial charge in [0.25, 0.3) is 11.2 Å². The van der Waals surface area contributed by atoms with Gasteiger partial charge in [0.15, 0.2) is 4.80 Å². The van der Waals surface area contributed by atoms with E-state index in [1.807, 2.05) is 24.5 Å². The molecule has 0 saturated heterocycles. The predicted molar refractivity (Wildman–Crippen MR) is 149 cm³/mol. The van der Waals surface area contributed by atoms with Gasteiger partial charge < -0.3 is 9.30 Å². The number of esters is 1. The summed E-state index contributed by atoms with van der Waals surface area (Å²) in [6, 6.07) is 13.0. The summed E-state index contributed by atoms with van der Waals surface area (Å²) in [5, 5.41) is 11.1. The van der Waals surface area contributed by atoms with Crippen LogP contribution in [-0.2, 0) is 9.53 Å². The molecule has 4 aromatic rings. The van der Waals surface area contributed by atoms with E-state index < -0.39 is 22.8 Å². The number of fused-ring (bicyclic) bond motifs is 1. The van der Waals surface area contributed by atoms with Gasteiger partial charge in [-0.3, -0.25) is 19.5 Å². The van der Waals surface area contributed by atoms with Crippen LogP contribution in [0.3, 0.4) is 0 Å². The lowest BCUT2D eigenvalue weighted by Gasteiger charge is -2.24. The van der Waals surface area contributed by atoms with Gasteiger partial charge in [-0.1, -0.05) is 23.5 Å². The van der Waals surface area contributed by atoms with E-state index in [1.54, 1.807) is 44.2 Å². The molecule has 0 N–H and O–H groups in total. The van der Waals surface area contributed by atoms with Crippen molar-refractivity contribution in [3.63, 3.8) is 0 Å². The van der Waals surface area contributed by atoms with E-state index in [1.165, 1.54) is 40.2 Å². The van der Waals surface area contributed by atoms with Crippen LogP contribution in [0.5, 0.6) is 0 Å². The molecule has 0 radical (unpaired) electrons. The van der Waals surface area contributed by atoms with Crippen molar-refractivity contribution < 1.29 is 18.8 Å². The van der Waals surface area contributed by atoms with E-state index in [0.717, 1.165) is 22.6 Å². The van der Waals surface area contributed by atoms with Crippen LogP contribution < -0.4 is 14.9 Å². The van der Waals surface area contributed by atoms with E-state index in [0.29, 0.717) is 20.6 Å². The number of aromatic nitrogens is 2. The smallest absolute Gasteiger partial charge is 0.338 e. The highest BCUT2D eigenvalue weighted by Crippen LogP contribution is 2.31. The molecule has 204 valence electrons. The minimum absolute atomic E-state index is 0.000681. The Kier molecular flexibility index (Phi) is 7.07. The molecule has 0 fully saturated rings. The van der Waals surface area contributed by atoms with E-state index in [2.05, 4.69) is 4.99 Å². The number of rotatable bonds is 6. The third kappa shape index (κ3) is 4.68. The molecule has 0 unspecified atom stereocenters. The molecule has 1 atom stereocenters. The molecule has 9 nitrogen and oxygen atoms in total. The summed E-state index contributed by atoms with van der Waals surface area (Å²) in [7, 11) is 0. The Balaban J connectivity index is 1.66.